The zero-order valence-corrected chi connectivity index (χ0v) is 10.7. The number of hydrogen-bond donors (Lipinski definition) is 2. The third-order valence-corrected chi connectivity index (χ3v) is 3.31. The maximum Gasteiger partial charge on any atom is 0.408 e. The van der Waals surface area contributed by atoms with E-state index in [0.717, 1.165) is 12.8 Å². The van der Waals surface area contributed by atoms with Gasteiger partial charge in [-0.15, -0.1) is 0 Å². The average Bonchev–Trinajstić information content (AvgIpc) is 2.13. The minimum atomic E-state index is -0.492. The summed E-state index contributed by atoms with van der Waals surface area (Å²) in [4.78, 5) is 11.7. The van der Waals surface area contributed by atoms with E-state index in [2.05, 4.69) is 5.32 Å². The Kier molecular flexibility index (Phi) is 2.86. The van der Waals surface area contributed by atoms with Crippen LogP contribution in [-0.4, -0.2) is 42.2 Å². The second-order valence-electron chi connectivity index (χ2n) is 6.41. The normalized spacial score (nSPS) is 36.0. The molecular formula is C12H21NO4. The molecule has 0 aromatic rings. The van der Waals surface area contributed by atoms with Crippen LogP contribution in [0.3, 0.4) is 0 Å². The summed E-state index contributed by atoms with van der Waals surface area (Å²) in [6.45, 7) is 6.71. The van der Waals surface area contributed by atoms with Gasteiger partial charge < -0.3 is 19.9 Å². The molecule has 1 aliphatic carbocycles. The van der Waals surface area contributed by atoms with Crippen LogP contribution < -0.4 is 5.32 Å². The van der Waals surface area contributed by atoms with Crippen molar-refractivity contribution >= 4 is 6.09 Å². The maximum absolute atomic E-state index is 11.7. The van der Waals surface area contributed by atoms with Crippen LogP contribution in [-0.2, 0) is 9.47 Å². The summed E-state index contributed by atoms with van der Waals surface area (Å²) in [6.07, 6.45) is 1.14. The monoisotopic (exact) mass is 243 g/mol. The highest BCUT2D eigenvalue weighted by molar-refractivity contribution is 5.69. The number of fused-ring (bicyclic) bond motifs is 2. The molecule has 0 unspecified atom stereocenters. The Labute approximate surface area is 101 Å². The topological polar surface area (TPSA) is 67.8 Å². The van der Waals surface area contributed by atoms with Crippen molar-refractivity contribution in [1.82, 2.24) is 5.32 Å². The molecule has 3 fully saturated rings. The molecule has 0 spiro atoms. The highest BCUT2D eigenvalue weighted by Crippen LogP contribution is 2.52. The van der Waals surface area contributed by atoms with Gasteiger partial charge in [0, 0.05) is 5.41 Å². The van der Waals surface area contributed by atoms with Crippen LogP contribution in [0.5, 0.6) is 0 Å². The van der Waals surface area contributed by atoms with Crippen LogP contribution in [0.2, 0.25) is 0 Å². The number of hydrogen-bond acceptors (Lipinski definition) is 4. The first kappa shape index (κ1) is 12.6. The Morgan fingerprint density at radius 1 is 1.41 bits per heavy atom. The second kappa shape index (κ2) is 3.85. The fourth-order valence-electron chi connectivity index (χ4n) is 2.85. The van der Waals surface area contributed by atoms with E-state index in [0.29, 0.717) is 13.2 Å². The Hall–Kier alpha value is -0.810. The quantitative estimate of drug-likeness (QED) is 0.760. The first-order chi connectivity index (χ1) is 7.78. The number of rotatable bonds is 2. The molecule has 1 amide bonds. The molecule has 17 heavy (non-hydrogen) atoms. The number of ether oxygens (including phenoxy) is 2. The van der Waals surface area contributed by atoms with E-state index in [1.54, 1.807) is 0 Å². The van der Waals surface area contributed by atoms with Crippen molar-refractivity contribution in [3.05, 3.63) is 0 Å². The Morgan fingerprint density at radius 2 is 2.06 bits per heavy atom. The molecule has 5 heteroatoms. The molecule has 2 bridgehead atoms. The fraction of sp³-hybridized carbons (Fsp3) is 0.917. The molecule has 3 aliphatic rings. The van der Waals surface area contributed by atoms with E-state index in [-0.39, 0.29) is 17.6 Å². The highest BCUT2D eigenvalue weighted by Gasteiger charge is 2.59. The van der Waals surface area contributed by atoms with Gasteiger partial charge in [-0.1, -0.05) is 0 Å². The molecule has 98 valence electrons. The number of aliphatic hydroxyl groups excluding tert-OH is 1. The standard InChI is InChI=1S/C12H21NO4/c1-10(2,3)17-9(15)13-12-4-11(5-12,6-14)7-16-8-12/h14H,4-8H2,1-3H3,(H,13,15). The van der Waals surface area contributed by atoms with Crippen molar-refractivity contribution in [3.63, 3.8) is 0 Å². The number of alkyl carbamates (subject to hydrolysis) is 1. The van der Waals surface area contributed by atoms with E-state index in [1.165, 1.54) is 0 Å². The van der Waals surface area contributed by atoms with Gasteiger partial charge in [-0.05, 0) is 33.6 Å². The molecule has 0 aromatic carbocycles. The van der Waals surface area contributed by atoms with Crippen LogP contribution in [0, 0.1) is 5.41 Å². The lowest BCUT2D eigenvalue weighted by molar-refractivity contribution is -0.175. The van der Waals surface area contributed by atoms with E-state index in [9.17, 15) is 9.90 Å². The lowest BCUT2D eigenvalue weighted by Gasteiger charge is -2.59. The van der Waals surface area contributed by atoms with Crippen molar-refractivity contribution in [2.75, 3.05) is 19.8 Å². The fourth-order valence-corrected chi connectivity index (χ4v) is 2.85. The molecule has 2 saturated heterocycles. The molecule has 5 nitrogen and oxygen atoms in total. The van der Waals surface area contributed by atoms with E-state index in [1.807, 2.05) is 20.8 Å². The number of amides is 1. The van der Waals surface area contributed by atoms with Gasteiger partial charge in [-0.3, -0.25) is 0 Å². The summed E-state index contributed by atoms with van der Waals surface area (Å²) in [5, 5.41) is 12.2. The molecule has 2 N–H and O–H groups in total. The highest BCUT2D eigenvalue weighted by atomic mass is 16.6. The van der Waals surface area contributed by atoms with Crippen LogP contribution in [0.4, 0.5) is 4.79 Å². The van der Waals surface area contributed by atoms with Crippen molar-refractivity contribution in [3.8, 4) is 0 Å². The van der Waals surface area contributed by atoms with Gasteiger partial charge in [0.1, 0.15) is 5.60 Å². The lowest BCUT2D eigenvalue weighted by atomic mass is 9.56. The second-order valence-corrected chi connectivity index (χ2v) is 6.41. The largest absolute Gasteiger partial charge is 0.444 e. The summed E-state index contributed by atoms with van der Waals surface area (Å²) < 4.78 is 10.7. The average molecular weight is 243 g/mol. The van der Waals surface area contributed by atoms with Crippen molar-refractivity contribution in [1.29, 1.82) is 0 Å². The molecular weight excluding hydrogens is 222 g/mol. The Bertz CT molecular complexity index is 315. The van der Waals surface area contributed by atoms with Crippen molar-refractivity contribution in [2.24, 2.45) is 5.41 Å². The molecule has 0 atom stereocenters. The molecule has 1 saturated carbocycles. The molecule has 0 radical (unpaired) electrons. The van der Waals surface area contributed by atoms with E-state index < -0.39 is 11.7 Å². The summed E-state index contributed by atoms with van der Waals surface area (Å²) >= 11 is 0. The van der Waals surface area contributed by atoms with E-state index >= 15 is 0 Å². The molecule has 3 rings (SSSR count). The van der Waals surface area contributed by atoms with Gasteiger partial charge in [0.05, 0.1) is 25.4 Å². The zero-order chi connectivity index (χ0) is 12.7. The van der Waals surface area contributed by atoms with Gasteiger partial charge in [-0.2, -0.15) is 0 Å². The third-order valence-electron chi connectivity index (χ3n) is 3.31. The minimum absolute atomic E-state index is 0.116. The predicted molar refractivity (Wildman–Crippen MR) is 61.7 cm³/mol. The van der Waals surface area contributed by atoms with Gasteiger partial charge in [-0.25, -0.2) is 4.79 Å². The lowest BCUT2D eigenvalue weighted by Crippen LogP contribution is -2.70. The molecule has 2 aliphatic heterocycles. The van der Waals surface area contributed by atoms with Gasteiger partial charge >= 0.3 is 6.09 Å². The SMILES string of the molecule is CC(C)(C)OC(=O)NC12COCC(CO)(C1)C2. The maximum atomic E-state index is 11.7. The minimum Gasteiger partial charge on any atom is -0.444 e. The summed E-state index contributed by atoms with van der Waals surface area (Å²) in [7, 11) is 0. The Morgan fingerprint density at radius 3 is 2.59 bits per heavy atom. The van der Waals surface area contributed by atoms with Gasteiger partial charge in [0.15, 0.2) is 0 Å². The van der Waals surface area contributed by atoms with Gasteiger partial charge in [0.25, 0.3) is 0 Å². The van der Waals surface area contributed by atoms with Crippen LogP contribution >= 0.6 is 0 Å². The molecule has 0 aromatic heterocycles. The number of aliphatic hydroxyl groups is 1. The summed E-state index contributed by atoms with van der Waals surface area (Å²) in [6, 6.07) is 0. The van der Waals surface area contributed by atoms with E-state index in [4.69, 9.17) is 9.47 Å². The van der Waals surface area contributed by atoms with Crippen LogP contribution in [0.25, 0.3) is 0 Å². The first-order valence-corrected chi connectivity index (χ1v) is 5.98. The molecule has 2 heterocycles. The smallest absolute Gasteiger partial charge is 0.408 e. The summed E-state index contributed by atoms with van der Waals surface area (Å²) in [5.74, 6) is 0. The first-order valence-electron chi connectivity index (χ1n) is 5.98. The van der Waals surface area contributed by atoms with Crippen molar-refractivity contribution < 1.29 is 19.4 Å². The Balaban J connectivity index is 1.90. The van der Waals surface area contributed by atoms with Crippen molar-refractivity contribution in [2.45, 2.75) is 44.8 Å². The summed E-state index contributed by atoms with van der Waals surface area (Å²) in [5.41, 5.74) is -0.968. The van der Waals surface area contributed by atoms with Gasteiger partial charge in [0.2, 0.25) is 0 Å². The number of nitrogens with one attached hydrogen (secondary N) is 1. The third kappa shape index (κ3) is 2.55. The van der Waals surface area contributed by atoms with Crippen LogP contribution in [0.1, 0.15) is 33.6 Å². The number of carbonyl (C=O) groups excluding carboxylic acids is 1. The number of carbonyl (C=O) groups is 1. The van der Waals surface area contributed by atoms with Crippen LogP contribution in [0.15, 0.2) is 0 Å². The predicted octanol–water partition coefficient (Wildman–Crippen LogP) is 1.05. The zero-order valence-electron chi connectivity index (χ0n) is 10.7.